The first-order chi connectivity index (χ1) is 12.8. The molecule has 0 aliphatic heterocycles. The van der Waals surface area contributed by atoms with Crippen LogP contribution in [0.25, 0.3) is 5.82 Å². The highest BCUT2D eigenvalue weighted by molar-refractivity contribution is 5.55. The van der Waals surface area contributed by atoms with E-state index < -0.39 is 0 Å². The average Bonchev–Trinajstić information content (AvgIpc) is 3.22. The molecule has 0 radical (unpaired) electrons. The Morgan fingerprint density at radius 2 is 1.81 bits per heavy atom. The van der Waals surface area contributed by atoms with Crippen LogP contribution in [0.4, 0.5) is 0 Å². The van der Waals surface area contributed by atoms with Gasteiger partial charge in [-0.25, -0.2) is 9.97 Å². The number of benzene rings is 1. The lowest BCUT2D eigenvalue weighted by Crippen LogP contribution is -2.14. The second-order valence-electron chi connectivity index (χ2n) is 5.59. The van der Waals surface area contributed by atoms with Crippen LogP contribution in [0.5, 0.6) is 17.2 Å². The minimum absolute atomic E-state index is 0.598. The Morgan fingerprint density at radius 1 is 0.962 bits per heavy atom. The van der Waals surface area contributed by atoms with Crippen molar-refractivity contribution in [2.24, 2.45) is 0 Å². The van der Waals surface area contributed by atoms with Gasteiger partial charge in [-0.3, -0.25) is 4.57 Å². The van der Waals surface area contributed by atoms with Crippen LogP contribution in [0, 0.1) is 0 Å². The van der Waals surface area contributed by atoms with Crippen molar-refractivity contribution in [2.75, 3.05) is 21.3 Å². The van der Waals surface area contributed by atoms with Crippen molar-refractivity contribution in [2.45, 2.75) is 13.1 Å². The van der Waals surface area contributed by atoms with Gasteiger partial charge in [-0.15, -0.1) is 0 Å². The van der Waals surface area contributed by atoms with Crippen LogP contribution < -0.4 is 19.5 Å². The summed E-state index contributed by atoms with van der Waals surface area (Å²) in [5.74, 6) is 2.76. The molecule has 3 rings (SSSR count). The molecule has 26 heavy (non-hydrogen) atoms. The summed E-state index contributed by atoms with van der Waals surface area (Å²) in [6, 6.07) is 7.85. The van der Waals surface area contributed by atoms with E-state index in [0.29, 0.717) is 30.3 Å². The zero-order valence-corrected chi connectivity index (χ0v) is 15.1. The van der Waals surface area contributed by atoms with Crippen molar-refractivity contribution in [3.63, 3.8) is 0 Å². The number of methoxy groups -OCH3 is 3. The van der Waals surface area contributed by atoms with E-state index in [0.717, 1.165) is 16.9 Å². The van der Waals surface area contributed by atoms with Gasteiger partial charge in [-0.05, 0) is 17.7 Å². The summed E-state index contributed by atoms with van der Waals surface area (Å²) in [6.07, 6.45) is 7.18. The molecule has 0 unspecified atom stereocenters. The van der Waals surface area contributed by atoms with Gasteiger partial charge in [0.15, 0.2) is 11.5 Å². The van der Waals surface area contributed by atoms with Crippen LogP contribution in [-0.4, -0.2) is 35.9 Å². The quantitative estimate of drug-likeness (QED) is 0.670. The van der Waals surface area contributed by atoms with E-state index in [2.05, 4.69) is 15.3 Å². The maximum Gasteiger partial charge on any atom is 0.203 e. The summed E-state index contributed by atoms with van der Waals surface area (Å²) in [5, 5.41) is 3.40. The van der Waals surface area contributed by atoms with Crippen molar-refractivity contribution >= 4 is 0 Å². The predicted molar refractivity (Wildman–Crippen MR) is 98.0 cm³/mol. The molecule has 1 N–H and O–H groups in total. The number of nitrogens with one attached hydrogen (secondary N) is 1. The Morgan fingerprint density at radius 3 is 2.42 bits per heavy atom. The first kappa shape index (κ1) is 17.8. The average molecular weight is 354 g/mol. The molecule has 3 aromatic rings. The number of ether oxygens (including phenoxy) is 3. The van der Waals surface area contributed by atoms with Gasteiger partial charge in [0.25, 0.3) is 0 Å². The second-order valence-corrected chi connectivity index (χ2v) is 5.59. The third-order valence-corrected chi connectivity index (χ3v) is 4.01. The van der Waals surface area contributed by atoms with Gasteiger partial charge in [0, 0.05) is 37.2 Å². The molecule has 0 saturated heterocycles. The molecule has 0 spiro atoms. The molecule has 136 valence electrons. The number of pyridine rings is 1. The van der Waals surface area contributed by atoms with Crippen LogP contribution in [0.2, 0.25) is 0 Å². The number of imidazole rings is 1. The Bertz CT molecular complexity index is 833. The molecule has 2 aromatic heterocycles. The molecule has 0 amide bonds. The molecule has 0 atom stereocenters. The number of hydrogen-bond donors (Lipinski definition) is 1. The molecule has 0 aliphatic carbocycles. The number of aromatic nitrogens is 3. The van der Waals surface area contributed by atoms with Gasteiger partial charge in [-0.1, -0.05) is 12.1 Å². The summed E-state index contributed by atoms with van der Waals surface area (Å²) in [7, 11) is 4.83. The molecule has 0 saturated carbocycles. The summed E-state index contributed by atoms with van der Waals surface area (Å²) in [4.78, 5) is 8.48. The molecular formula is C19H22N4O3. The van der Waals surface area contributed by atoms with Gasteiger partial charge in [0.1, 0.15) is 12.1 Å². The van der Waals surface area contributed by atoms with E-state index >= 15 is 0 Å². The lowest BCUT2D eigenvalue weighted by Gasteiger charge is -2.16. The van der Waals surface area contributed by atoms with Crippen LogP contribution in [-0.2, 0) is 13.1 Å². The SMILES string of the molecule is COc1ccc(CNCc2ccc(-n3ccnc3)nc2)c(OC)c1OC. The van der Waals surface area contributed by atoms with Gasteiger partial charge in [0.2, 0.25) is 5.75 Å². The van der Waals surface area contributed by atoms with Crippen molar-refractivity contribution in [3.05, 3.63) is 60.3 Å². The van der Waals surface area contributed by atoms with Crippen molar-refractivity contribution in [3.8, 4) is 23.1 Å². The van der Waals surface area contributed by atoms with Gasteiger partial charge < -0.3 is 19.5 Å². The lowest BCUT2D eigenvalue weighted by molar-refractivity contribution is 0.321. The Balaban J connectivity index is 1.64. The third-order valence-electron chi connectivity index (χ3n) is 4.01. The van der Waals surface area contributed by atoms with E-state index in [4.69, 9.17) is 14.2 Å². The summed E-state index contributed by atoms with van der Waals surface area (Å²) < 4.78 is 18.1. The fourth-order valence-corrected chi connectivity index (χ4v) is 2.71. The largest absolute Gasteiger partial charge is 0.493 e. The van der Waals surface area contributed by atoms with Crippen LogP contribution in [0.1, 0.15) is 11.1 Å². The topological polar surface area (TPSA) is 70.4 Å². The van der Waals surface area contributed by atoms with Crippen molar-refractivity contribution in [1.82, 2.24) is 19.9 Å². The fourth-order valence-electron chi connectivity index (χ4n) is 2.71. The van der Waals surface area contributed by atoms with Gasteiger partial charge >= 0.3 is 0 Å². The first-order valence-corrected chi connectivity index (χ1v) is 8.18. The van der Waals surface area contributed by atoms with Gasteiger partial charge in [-0.2, -0.15) is 0 Å². The van der Waals surface area contributed by atoms with E-state index in [1.807, 2.05) is 41.2 Å². The van der Waals surface area contributed by atoms with Crippen LogP contribution >= 0.6 is 0 Å². The second kappa shape index (κ2) is 8.35. The zero-order chi connectivity index (χ0) is 18.4. The normalized spacial score (nSPS) is 10.6. The maximum atomic E-state index is 5.50. The van der Waals surface area contributed by atoms with Crippen LogP contribution in [0.3, 0.4) is 0 Å². The molecule has 1 aromatic carbocycles. The summed E-state index contributed by atoms with van der Waals surface area (Å²) in [5.41, 5.74) is 2.08. The number of nitrogens with zero attached hydrogens (tertiary/aromatic N) is 3. The Kier molecular flexibility index (Phi) is 5.70. The minimum Gasteiger partial charge on any atom is -0.493 e. The van der Waals surface area contributed by atoms with Crippen molar-refractivity contribution in [1.29, 1.82) is 0 Å². The maximum absolute atomic E-state index is 5.50. The Hall–Kier alpha value is -3.06. The first-order valence-electron chi connectivity index (χ1n) is 8.18. The zero-order valence-electron chi connectivity index (χ0n) is 15.1. The fraction of sp³-hybridized carbons (Fsp3) is 0.263. The minimum atomic E-state index is 0.598. The van der Waals surface area contributed by atoms with E-state index in [-0.39, 0.29) is 0 Å². The highest BCUT2D eigenvalue weighted by Crippen LogP contribution is 2.39. The third kappa shape index (κ3) is 3.78. The monoisotopic (exact) mass is 354 g/mol. The van der Waals surface area contributed by atoms with Crippen molar-refractivity contribution < 1.29 is 14.2 Å². The highest BCUT2D eigenvalue weighted by atomic mass is 16.5. The standard InChI is InChI=1S/C19H22N4O3/c1-24-16-6-5-15(18(25-2)19(16)26-3)12-21-10-14-4-7-17(22-11-14)23-9-8-20-13-23/h4-9,11,13,21H,10,12H2,1-3H3. The summed E-state index contributed by atoms with van der Waals surface area (Å²) >= 11 is 0. The number of hydrogen-bond acceptors (Lipinski definition) is 6. The predicted octanol–water partition coefficient (Wildman–Crippen LogP) is 2.58. The lowest BCUT2D eigenvalue weighted by atomic mass is 10.1. The van der Waals surface area contributed by atoms with Crippen LogP contribution in [0.15, 0.2) is 49.2 Å². The summed E-state index contributed by atoms with van der Waals surface area (Å²) in [6.45, 7) is 1.32. The van der Waals surface area contributed by atoms with E-state index in [9.17, 15) is 0 Å². The molecule has 7 nitrogen and oxygen atoms in total. The van der Waals surface area contributed by atoms with E-state index in [1.165, 1.54) is 0 Å². The van der Waals surface area contributed by atoms with E-state index in [1.54, 1.807) is 33.9 Å². The molecule has 2 heterocycles. The highest BCUT2D eigenvalue weighted by Gasteiger charge is 2.15. The number of rotatable bonds is 8. The molecule has 0 fully saturated rings. The Labute approximate surface area is 152 Å². The molecular weight excluding hydrogens is 332 g/mol. The smallest absolute Gasteiger partial charge is 0.203 e. The molecule has 7 heteroatoms. The molecule has 0 bridgehead atoms. The van der Waals surface area contributed by atoms with Gasteiger partial charge in [0.05, 0.1) is 21.3 Å². The molecule has 0 aliphatic rings.